The Labute approximate surface area is 119 Å². The zero-order valence-electron chi connectivity index (χ0n) is 11.7. The first-order chi connectivity index (χ1) is 9.50. The molecule has 1 unspecified atom stereocenters. The van der Waals surface area contributed by atoms with Gasteiger partial charge < -0.3 is 4.74 Å². The third kappa shape index (κ3) is 2.70. The van der Waals surface area contributed by atoms with Gasteiger partial charge in [0.25, 0.3) is 0 Å². The van der Waals surface area contributed by atoms with Gasteiger partial charge >= 0.3 is 0 Å². The highest BCUT2D eigenvalue weighted by molar-refractivity contribution is 7.89. The van der Waals surface area contributed by atoms with Crippen LogP contribution < -0.4 is 0 Å². The molecule has 6 heteroatoms. The fourth-order valence-electron chi connectivity index (χ4n) is 2.33. The standard InChI is InChI=1S/C14H18N2O3S/c1-3-13-10-19-7-6-16(13)20(17,18)14-5-4-12(9-15)11(2)8-14/h4-5,8,13H,3,6-7,10H2,1-2H3. The molecule has 1 aliphatic rings. The van der Waals surface area contributed by atoms with Crippen LogP contribution in [-0.2, 0) is 14.8 Å². The lowest BCUT2D eigenvalue weighted by Crippen LogP contribution is -2.48. The number of morpholine rings is 1. The SMILES string of the molecule is CCC1COCCN1S(=O)(=O)c1ccc(C#N)c(C)c1. The number of rotatable bonds is 3. The quantitative estimate of drug-likeness (QED) is 0.850. The van der Waals surface area contributed by atoms with E-state index in [9.17, 15) is 8.42 Å². The summed E-state index contributed by atoms with van der Waals surface area (Å²) < 4.78 is 32.2. The van der Waals surface area contributed by atoms with Crippen molar-refractivity contribution in [1.29, 1.82) is 5.26 Å². The van der Waals surface area contributed by atoms with Crippen molar-refractivity contribution >= 4 is 10.0 Å². The first kappa shape index (κ1) is 15.0. The summed E-state index contributed by atoms with van der Waals surface area (Å²) in [4.78, 5) is 0.245. The van der Waals surface area contributed by atoms with Crippen LogP contribution in [0.3, 0.4) is 0 Å². The molecule has 0 amide bonds. The Morgan fingerprint density at radius 1 is 1.50 bits per heavy atom. The molecule has 0 N–H and O–H groups in total. The molecule has 1 heterocycles. The first-order valence-corrected chi connectivity index (χ1v) is 8.05. The minimum Gasteiger partial charge on any atom is -0.378 e. The minimum atomic E-state index is -3.53. The molecular weight excluding hydrogens is 276 g/mol. The number of aryl methyl sites for hydroxylation is 1. The van der Waals surface area contributed by atoms with E-state index in [0.717, 1.165) is 0 Å². The van der Waals surface area contributed by atoms with Crippen molar-refractivity contribution in [1.82, 2.24) is 4.31 Å². The molecule has 5 nitrogen and oxygen atoms in total. The number of benzene rings is 1. The van der Waals surface area contributed by atoms with E-state index >= 15 is 0 Å². The Morgan fingerprint density at radius 2 is 2.25 bits per heavy atom. The topological polar surface area (TPSA) is 70.4 Å². The van der Waals surface area contributed by atoms with Gasteiger partial charge in [-0.25, -0.2) is 8.42 Å². The minimum absolute atomic E-state index is 0.121. The lowest BCUT2D eigenvalue weighted by Gasteiger charge is -2.34. The molecular formula is C14H18N2O3S. The number of ether oxygens (including phenoxy) is 1. The van der Waals surface area contributed by atoms with Gasteiger partial charge in [-0.05, 0) is 37.1 Å². The van der Waals surface area contributed by atoms with Crippen molar-refractivity contribution in [3.63, 3.8) is 0 Å². The first-order valence-electron chi connectivity index (χ1n) is 6.61. The Kier molecular flexibility index (Phi) is 4.43. The van der Waals surface area contributed by atoms with Crippen LogP contribution in [0.25, 0.3) is 0 Å². The molecule has 1 aromatic carbocycles. The van der Waals surface area contributed by atoms with Crippen molar-refractivity contribution in [3.8, 4) is 6.07 Å². The molecule has 0 radical (unpaired) electrons. The van der Waals surface area contributed by atoms with Gasteiger partial charge in [-0.2, -0.15) is 9.57 Å². The van der Waals surface area contributed by atoms with Crippen molar-refractivity contribution in [3.05, 3.63) is 29.3 Å². The zero-order chi connectivity index (χ0) is 14.8. The van der Waals surface area contributed by atoms with E-state index in [1.165, 1.54) is 10.4 Å². The maximum Gasteiger partial charge on any atom is 0.243 e. The molecule has 1 fully saturated rings. The van der Waals surface area contributed by atoms with E-state index in [4.69, 9.17) is 10.00 Å². The van der Waals surface area contributed by atoms with Crippen LogP contribution >= 0.6 is 0 Å². The highest BCUT2D eigenvalue weighted by Gasteiger charge is 2.33. The zero-order valence-corrected chi connectivity index (χ0v) is 12.5. The van der Waals surface area contributed by atoms with Crippen molar-refractivity contribution in [2.75, 3.05) is 19.8 Å². The van der Waals surface area contributed by atoms with Crippen molar-refractivity contribution in [2.45, 2.75) is 31.2 Å². The summed E-state index contributed by atoms with van der Waals surface area (Å²) in [5.41, 5.74) is 1.17. The maximum absolute atomic E-state index is 12.7. The van der Waals surface area contributed by atoms with Crippen LogP contribution in [0.1, 0.15) is 24.5 Å². The van der Waals surface area contributed by atoms with Gasteiger partial charge in [0.1, 0.15) is 0 Å². The third-order valence-electron chi connectivity index (χ3n) is 3.57. The second-order valence-electron chi connectivity index (χ2n) is 4.84. The molecule has 0 aromatic heterocycles. The Hall–Kier alpha value is -1.42. The van der Waals surface area contributed by atoms with Gasteiger partial charge in [0.15, 0.2) is 0 Å². The Balaban J connectivity index is 2.39. The summed E-state index contributed by atoms with van der Waals surface area (Å²) in [7, 11) is -3.53. The molecule has 20 heavy (non-hydrogen) atoms. The summed E-state index contributed by atoms with van der Waals surface area (Å²) >= 11 is 0. The summed E-state index contributed by atoms with van der Waals surface area (Å²) in [6.45, 7) is 4.93. The average Bonchev–Trinajstić information content (AvgIpc) is 2.47. The number of hydrogen-bond donors (Lipinski definition) is 0. The monoisotopic (exact) mass is 294 g/mol. The molecule has 0 bridgehead atoms. The van der Waals surface area contributed by atoms with Crippen LogP contribution in [0.15, 0.2) is 23.1 Å². The molecule has 0 aliphatic carbocycles. The van der Waals surface area contributed by atoms with Gasteiger partial charge in [-0.1, -0.05) is 6.92 Å². The molecule has 1 aromatic rings. The normalized spacial score (nSPS) is 20.6. The average molecular weight is 294 g/mol. The number of nitrogens with zero attached hydrogens (tertiary/aromatic N) is 2. The lowest BCUT2D eigenvalue weighted by atomic mass is 10.1. The fraction of sp³-hybridized carbons (Fsp3) is 0.500. The van der Waals surface area contributed by atoms with E-state index in [-0.39, 0.29) is 10.9 Å². The maximum atomic E-state index is 12.7. The summed E-state index contributed by atoms with van der Waals surface area (Å²) in [5, 5.41) is 8.91. The van der Waals surface area contributed by atoms with Crippen LogP contribution in [0, 0.1) is 18.3 Å². The lowest BCUT2D eigenvalue weighted by molar-refractivity contribution is 0.0314. The van der Waals surface area contributed by atoms with E-state index in [0.29, 0.717) is 37.3 Å². The van der Waals surface area contributed by atoms with Crippen molar-refractivity contribution in [2.24, 2.45) is 0 Å². The number of nitriles is 1. The molecule has 0 spiro atoms. The van der Waals surface area contributed by atoms with E-state index in [2.05, 4.69) is 0 Å². The Morgan fingerprint density at radius 3 is 2.85 bits per heavy atom. The molecule has 0 saturated carbocycles. The highest BCUT2D eigenvalue weighted by atomic mass is 32.2. The predicted molar refractivity (Wildman–Crippen MR) is 74.7 cm³/mol. The van der Waals surface area contributed by atoms with Crippen molar-refractivity contribution < 1.29 is 13.2 Å². The fourth-order valence-corrected chi connectivity index (χ4v) is 4.09. The second kappa shape index (κ2) is 5.92. The molecule has 108 valence electrons. The second-order valence-corrected chi connectivity index (χ2v) is 6.73. The van der Waals surface area contributed by atoms with Gasteiger partial charge in [0.2, 0.25) is 10.0 Å². The van der Waals surface area contributed by atoms with Gasteiger partial charge in [-0.15, -0.1) is 0 Å². The summed E-state index contributed by atoms with van der Waals surface area (Å²) in [5.74, 6) is 0. The number of hydrogen-bond acceptors (Lipinski definition) is 4. The van der Waals surface area contributed by atoms with Crippen LogP contribution in [0.5, 0.6) is 0 Å². The molecule has 2 rings (SSSR count). The van der Waals surface area contributed by atoms with Gasteiger partial charge in [0.05, 0.1) is 29.7 Å². The summed E-state index contributed by atoms with van der Waals surface area (Å²) in [6, 6.07) is 6.55. The van der Waals surface area contributed by atoms with Crippen LogP contribution in [-0.4, -0.2) is 38.5 Å². The molecule has 1 aliphatic heterocycles. The molecule has 1 saturated heterocycles. The number of sulfonamides is 1. The smallest absolute Gasteiger partial charge is 0.243 e. The van der Waals surface area contributed by atoms with E-state index in [1.54, 1.807) is 19.1 Å². The van der Waals surface area contributed by atoms with E-state index in [1.807, 2.05) is 13.0 Å². The third-order valence-corrected chi connectivity index (χ3v) is 5.52. The highest BCUT2D eigenvalue weighted by Crippen LogP contribution is 2.23. The van der Waals surface area contributed by atoms with Gasteiger partial charge in [-0.3, -0.25) is 0 Å². The van der Waals surface area contributed by atoms with E-state index < -0.39 is 10.0 Å². The van der Waals surface area contributed by atoms with Crippen LogP contribution in [0.2, 0.25) is 0 Å². The predicted octanol–water partition coefficient (Wildman–Crippen LogP) is 1.67. The Bertz CT molecular complexity index is 634. The largest absolute Gasteiger partial charge is 0.378 e. The molecule has 1 atom stereocenters. The summed E-state index contributed by atoms with van der Waals surface area (Å²) in [6.07, 6.45) is 0.717. The van der Waals surface area contributed by atoms with Gasteiger partial charge in [0, 0.05) is 12.6 Å². The van der Waals surface area contributed by atoms with Crippen LogP contribution in [0.4, 0.5) is 0 Å².